The maximum Gasteiger partial charge on any atom is 0.244 e. The smallest absolute Gasteiger partial charge is 0.244 e. The molecule has 0 aromatic heterocycles. The standard InChI is InChI=1S/C22H26N2O2/c1-14-6-7-19(16(3)10-14)8-9-20(25)23-13-21(26)24-22-17(4)11-15(2)12-18(22)5/h6-12H,13H2,1-5H3,(H,23,25)(H,24,26)/b9-8+. The maximum absolute atomic E-state index is 12.1. The SMILES string of the molecule is Cc1ccc(/C=C/C(=O)NCC(=O)Nc2c(C)cc(C)cc2C)c(C)c1. The Hall–Kier alpha value is -2.88. The molecule has 0 aliphatic heterocycles. The van der Waals surface area contributed by atoms with E-state index in [1.54, 1.807) is 6.08 Å². The highest BCUT2D eigenvalue weighted by molar-refractivity contribution is 5.98. The van der Waals surface area contributed by atoms with E-state index >= 15 is 0 Å². The second-order valence-electron chi connectivity index (χ2n) is 6.73. The van der Waals surface area contributed by atoms with E-state index in [4.69, 9.17) is 0 Å². The van der Waals surface area contributed by atoms with Crippen molar-refractivity contribution >= 4 is 23.6 Å². The molecule has 2 rings (SSSR count). The minimum Gasteiger partial charge on any atom is -0.343 e. The van der Waals surface area contributed by atoms with Gasteiger partial charge in [-0.15, -0.1) is 0 Å². The lowest BCUT2D eigenvalue weighted by Crippen LogP contribution is -2.32. The lowest BCUT2D eigenvalue weighted by Gasteiger charge is -2.13. The number of nitrogens with one attached hydrogen (secondary N) is 2. The summed E-state index contributed by atoms with van der Waals surface area (Å²) in [5, 5.41) is 5.49. The molecule has 2 aromatic rings. The first-order chi connectivity index (χ1) is 12.3. The molecule has 0 aliphatic rings. The Bertz CT molecular complexity index is 843. The number of anilines is 1. The summed E-state index contributed by atoms with van der Waals surface area (Å²) >= 11 is 0. The molecule has 2 amide bonds. The highest BCUT2D eigenvalue weighted by Gasteiger charge is 2.09. The van der Waals surface area contributed by atoms with Crippen molar-refractivity contribution in [2.24, 2.45) is 0 Å². The number of carbonyl (C=O) groups is 2. The fourth-order valence-electron chi connectivity index (χ4n) is 2.97. The van der Waals surface area contributed by atoms with E-state index in [-0.39, 0.29) is 18.4 Å². The summed E-state index contributed by atoms with van der Waals surface area (Å²) < 4.78 is 0. The van der Waals surface area contributed by atoms with E-state index in [9.17, 15) is 9.59 Å². The van der Waals surface area contributed by atoms with Crippen LogP contribution in [0.15, 0.2) is 36.4 Å². The van der Waals surface area contributed by atoms with E-state index < -0.39 is 0 Å². The fraction of sp³-hybridized carbons (Fsp3) is 0.273. The Morgan fingerprint density at radius 3 is 2.12 bits per heavy atom. The lowest BCUT2D eigenvalue weighted by molar-refractivity contribution is -0.121. The molecule has 0 saturated heterocycles. The summed E-state index contributed by atoms with van der Waals surface area (Å²) in [6.45, 7) is 9.91. The summed E-state index contributed by atoms with van der Waals surface area (Å²) in [4.78, 5) is 24.1. The number of benzene rings is 2. The van der Waals surface area contributed by atoms with Crippen LogP contribution in [-0.4, -0.2) is 18.4 Å². The van der Waals surface area contributed by atoms with Crippen LogP contribution < -0.4 is 10.6 Å². The average Bonchev–Trinajstić information content (AvgIpc) is 2.55. The van der Waals surface area contributed by atoms with Crippen molar-refractivity contribution in [3.63, 3.8) is 0 Å². The molecule has 136 valence electrons. The van der Waals surface area contributed by atoms with Gasteiger partial charge in [0.2, 0.25) is 11.8 Å². The van der Waals surface area contributed by atoms with E-state index in [1.165, 1.54) is 11.6 Å². The van der Waals surface area contributed by atoms with Crippen molar-refractivity contribution in [1.29, 1.82) is 0 Å². The number of hydrogen-bond acceptors (Lipinski definition) is 2. The molecule has 0 heterocycles. The van der Waals surface area contributed by atoms with Gasteiger partial charge in [0.25, 0.3) is 0 Å². The number of aryl methyl sites for hydroxylation is 5. The fourth-order valence-corrected chi connectivity index (χ4v) is 2.97. The van der Waals surface area contributed by atoms with Crippen molar-refractivity contribution in [2.45, 2.75) is 34.6 Å². The van der Waals surface area contributed by atoms with Crippen LogP contribution in [0, 0.1) is 34.6 Å². The predicted molar refractivity (Wildman–Crippen MR) is 107 cm³/mol. The molecule has 0 saturated carbocycles. The minimum atomic E-state index is -0.294. The predicted octanol–water partition coefficient (Wildman–Crippen LogP) is 4.00. The van der Waals surface area contributed by atoms with Gasteiger partial charge in [0.15, 0.2) is 0 Å². The van der Waals surface area contributed by atoms with Gasteiger partial charge >= 0.3 is 0 Å². The molecule has 4 heteroatoms. The third-order valence-electron chi connectivity index (χ3n) is 4.20. The van der Waals surface area contributed by atoms with Crippen molar-refractivity contribution in [3.8, 4) is 0 Å². The number of carbonyl (C=O) groups excluding carboxylic acids is 2. The maximum atomic E-state index is 12.1. The third-order valence-corrected chi connectivity index (χ3v) is 4.20. The molecule has 0 fully saturated rings. The van der Waals surface area contributed by atoms with Gasteiger partial charge in [-0.05, 0) is 62.9 Å². The Morgan fingerprint density at radius 1 is 0.885 bits per heavy atom. The molecule has 0 bridgehead atoms. The van der Waals surface area contributed by atoms with Crippen molar-refractivity contribution < 1.29 is 9.59 Å². The van der Waals surface area contributed by atoms with Crippen LogP contribution in [0.1, 0.15) is 33.4 Å². The minimum absolute atomic E-state index is 0.0667. The monoisotopic (exact) mass is 350 g/mol. The van der Waals surface area contributed by atoms with Crippen LogP contribution in [0.3, 0.4) is 0 Å². The molecule has 0 atom stereocenters. The summed E-state index contributed by atoms with van der Waals surface area (Å²) in [5.74, 6) is -0.536. The molecular weight excluding hydrogens is 324 g/mol. The van der Waals surface area contributed by atoms with Gasteiger partial charge in [0.05, 0.1) is 6.54 Å². The molecule has 26 heavy (non-hydrogen) atoms. The largest absolute Gasteiger partial charge is 0.343 e. The molecule has 0 unspecified atom stereocenters. The average molecular weight is 350 g/mol. The van der Waals surface area contributed by atoms with Crippen molar-refractivity contribution in [2.75, 3.05) is 11.9 Å². The summed E-state index contributed by atoms with van der Waals surface area (Å²) in [6, 6.07) is 10.1. The zero-order valence-corrected chi connectivity index (χ0v) is 16.1. The first-order valence-corrected chi connectivity index (χ1v) is 8.67. The summed E-state index contributed by atoms with van der Waals surface area (Å²) in [6.07, 6.45) is 3.21. The van der Waals surface area contributed by atoms with E-state index in [1.807, 2.05) is 58.9 Å². The van der Waals surface area contributed by atoms with E-state index in [2.05, 4.69) is 16.7 Å². The third kappa shape index (κ3) is 5.31. The van der Waals surface area contributed by atoms with Crippen molar-refractivity contribution in [3.05, 3.63) is 69.8 Å². The van der Waals surface area contributed by atoms with Crippen molar-refractivity contribution in [1.82, 2.24) is 5.32 Å². The Kier molecular flexibility index (Phi) is 6.34. The molecule has 0 radical (unpaired) electrons. The molecule has 4 nitrogen and oxygen atoms in total. The lowest BCUT2D eigenvalue weighted by atomic mass is 10.1. The Labute approximate surface area is 155 Å². The van der Waals surface area contributed by atoms with Crippen LogP contribution in [0.25, 0.3) is 6.08 Å². The highest BCUT2D eigenvalue weighted by Crippen LogP contribution is 2.21. The molecule has 0 aliphatic carbocycles. The van der Waals surface area contributed by atoms with Gasteiger partial charge in [-0.1, -0.05) is 41.5 Å². The molecule has 2 aromatic carbocycles. The van der Waals surface area contributed by atoms with Gasteiger partial charge in [-0.25, -0.2) is 0 Å². The second-order valence-corrected chi connectivity index (χ2v) is 6.73. The van der Waals surface area contributed by atoms with Crippen LogP contribution in [0.5, 0.6) is 0 Å². The zero-order valence-electron chi connectivity index (χ0n) is 16.1. The molecule has 2 N–H and O–H groups in total. The van der Waals surface area contributed by atoms with Gasteiger partial charge in [-0.3, -0.25) is 9.59 Å². The highest BCUT2D eigenvalue weighted by atomic mass is 16.2. The first kappa shape index (κ1) is 19.4. The van der Waals surface area contributed by atoms with E-state index in [0.29, 0.717) is 0 Å². The Balaban J connectivity index is 1.91. The first-order valence-electron chi connectivity index (χ1n) is 8.67. The second kappa shape index (κ2) is 8.48. The van der Waals surface area contributed by atoms with Gasteiger partial charge in [0, 0.05) is 11.8 Å². The van der Waals surface area contributed by atoms with Gasteiger partial charge in [-0.2, -0.15) is 0 Å². The summed E-state index contributed by atoms with van der Waals surface area (Å²) in [7, 11) is 0. The topological polar surface area (TPSA) is 58.2 Å². The van der Waals surface area contributed by atoms with Gasteiger partial charge in [0.1, 0.15) is 0 Å². The van der Waals surface area contributed by atoms with Crippen LogP contribution in [0.2, 0.25) is 0 Å². The van der Waals surface area contributed by atoms with Crippen LogP contribution in [0.4, 0.5) is 5.69 Å². The van der Waals surface area contributed by atoms with Crippen LogP contribution in [-0.2, 0) is 9.59 Å². The number of rotatable bonds is 5. The zero-order chi connectivity index (χ0) is 19.3. The normalized spacial score (nSPS) is 10.8. The molecule has 0 spiro atoms. The number of hydrogen-bond donors (Lipinski definition) is 2. The Morgan fingerprint density at radius 2 is 1.50 bits per heavy atom. The van der Waals surface area contributed by atoms with E-state index in [0.717, 1.165) is 33.5 Å². The number of amides is 2. The summed E-state index contributed by atoms with van der Waals surface area (Å²) in [5.41, 5.74) is 7.26. The van der Waals surface area contributed by atoms with Crippen LogP contribution >= 0.6 is 0 Å². The van der Waals surface area contributed by atoms with Gasteiger partial charge < -0.3 is 10.6 Å². The quantitative estimate of drug-likeness (QED) is 0.801. The molecular formula is C22H26N2O2.